The molecule has 0 saturated carbocycles. The number of amides is 4. The maximum Gasteiger partial charge on any atom is 0.323 e. The van der Waals surface area contributed by atoms with Gasteiger partial charge in [0.25, 0.3) is 0 Å². The van der Waals surface area contributed by atoms with Crippen molar-refractivity contribution < 1.29 is 29.1 Å². The summed E-state index contributed by atoms with van der Waals surface area (Å²) in [5.41, 5.74) is 12.5. The zero-order valence-electron chi connectivity index (χ0n) is 32.5. The van der Waals surface area contributed by atoms with Crippen LogP contribution in [0.2, 0.25) is 0 Å². The first-order valence-electron chi connectivity index (χ1n) is 19.4. The van der Waals surface area contributed by atoms with Crippen LogP contribution < -0.4 is 32.7 Å². The minimum absolute atomic E-state index is 0.0158. The number of carboxylic acids is 1. The number of aryl methyl sites for hydroxylation is 1. The zero-order chi connectivity index (χ0) is 39.7. The Hall–Kier alpha value is -4.33. The van der Waals surface area contributed by atoms with Gasteiger partial charge in [0, 0.05) is 19.6 Å². The Balaban J connectivity index is 1.73. The third kappa shape index (κ3) is 14.1. The Morgan fingerprint density at radius 3 is 1.96 bits per heavy atom. The molecule has 1 saturated heterocycles. The summed E-state index contributed by atoms with van der Waals surface area (Å²) in [5.74, 6) is -2.19. The number of unbranched alkanes of at least 4 members (excludes halogenated alkanes) is 1. The van der Waals surface area contributed by atoms with Gasteiger partial charge in [-0.15, -0.1) is 0 Å². The van der Waals surface area contributed by atoms with Gasteiger partial charge in [-0.05, 0) is 86.8 Å². The molecule has 0 radical (unpaired) electrons. The summed E-state index contributed by atoms with van der Waals surface area (Å²) in [6.45, 7) is 9.49. The number of piperidine rings is 1. The number of rotatable bonds is 22. The molecular formula is C41H63N7O6. The Morgan fingerprint density at radius 2 is 1.39 bits per heavy atom. The van der Waals surface area contributed by atoms with Crippen LogP contribution in [0.25, 0.3) is 0 Å². The molecule has 54 heavy (non-hydrogen) atoms. The molecule has 13 nitrogen and oxygen atoms in total. The molecule has 2 aromatic rings. The van der Waals surface area contributed by atoms with Crippen molar-refractivity contribution >= 4 is 29.6 Å². The molecule has 4 atom stereocenters. The minimum Gasteiger partial charge on any atom is -0.480 e. The van der Waals surface area contributed by atoms with Gasteiger partial charge in [-0.3, -0.25) is 24.0 Å². The zero-order valence-corrected chi connectivity index (χ0v) is 32.5. The molecule has 13 heteroatoms. The molecule has 4 amide bonds. The van der Waals surface area contributed by atoms with E-state index in [0.717, 1.165) is 5.56 Å². The van der Waals surface area contributed by atoms with Crippen LogP contribution >= 0.6 is 0 Å². The molecule has 9 N–H and O–H groups in total. The predicted molar refractivity (Wildman–Crippen MR) is 210 cm³/mol. The van der Waals surface area contributed by atoms with Crippen molar-refractivity contribution in [1.29, 1.82) is 0 Å². The molecular weight excluding hydrogens is 686 g/mol. The lowest BCUT2D eigenvalue weighted by Gasteiger charge is -2.38. The van der Waals surface area contributed by atoms with Crippen molar-refractivity contribution in [1.82, 2.24) is 26.2 Å². The second kappa shape index (κ2) is 22.1. The number of carbonyl (C=O) groups excluding carboxylic acids is 4. The summed E-state index contributed by atoms with van der Waals surface area (Å²) in [6, 6.07) is 17.0. The summed E-state index contributed by atoms with van der Waals surface area (Å²) in [6.07, 6.45) is 2.90. The lowest BCUT2D eigenvalue weighted by atomic mass is 9.88. The molecule has 0 unspecified atom stereocenters. The van der Waals surface area contributed by atoms with E-state index in [4.69, 9.17) is 11.5 Å². The number of nitrogens with zero attached hydrogens (tertiary/aromatic N) is 1. The topological polar surface area (TPSA) is 209 Å². The fourth-order valence-electron chi connectivity index (χ4n) is 6.81. The second-order valence-corrected chi connectivity index (χ2v) is 15.4. The van der Waals surface area contributed by atoms with E-state index in [1.807, 2.05) is 62.4 Å². The van der Waals surface area contributed by atoms with Gasteiger partial charge in [-0.1, -0.05) is 88.4 Å². The van der Waals surface area contributed by atoms with Gasteiger partial charge >= 0.3 is 5.97 Å². The van der Waals surface area contributed by atoms with Gasteiger partial charge in [0.2, 0.25) is 23.6 Å². The Bertz CT molecular complexity index is 1480. The number of hydrogen-bond donors (Lipinski definition) is 7. The highest BCUT2D eigenvalue weighted by Crippen LogP contribution is 2.24. The fourth-order valence-corrected chi connectivity index (χ4v) is 6.81. The monoisotopic (exact) mass is 749 g/mol. The Morgan fingerprint density at radius 1 is 0.796 bits per heavy atom. The molecule has 0 aliphatic carbocycles. The largest absolute Gasteiger partial charge is 0.480 e. The van der Waals surface area contributed by atoms with Crippen molar-refractivity contribution in [3.05, 3.63) is 71.8 Å². The molecule has 3 rings (SSSR count). The molecule has 1 aliphatic heterocycles. The van der Waals surface area contributed by atoms with Crippen LogP contribution in [0.1, 0.15) is 89.7 Å². The highest BCUT2D eigenvalue weighted by Gasteiger charge is 2.40. The predicted octanol–water partition coefficient (Wildman–Crippen LogP) is 2.68. The fraction of sp³-hybridized carbons (Fsp3) is 0.585. The number of nitrogens with one attached hydrogen (secondary N) is 4. The molecule has 0 spiro atoms. The molecule has 1 fully saturated rings. The van der Waals surface area contributed by atoms with Gasteiger partial charge in [0.15, 0.2) is 0 Å². The van der Waals surface area contributed by atoms with Crippen LogP contribution in [0, 0.1) is 11.8 Å². The summed E-state index contributed by atoms with van der Waals surface area (Å²) in [4.78, 5) is 68.1. The Labute approximate surface area is 320 Å². The van der Waals surface area contributed by atoms with Crippen molar-refractivity contribution in [2.45, 2.75) is 109 Å². The number of nitrogens with two attached hydrogens (primary N) is 2. The number of carbonyl (C=O) groups is 5. The van der Waals surface area contributed by atoms with Gasteiger partial charge in [-0.25, -0.2) is 0 Å². The molecule has 0 aromatic heterocycles. The van der Waals surface area contributed by atoms with E-state index in [-0.39, 0.29) is 56.1 Å². The summed E-state index contributed by atoms with van der Waals surface area (Å²) in [5, 5.41) is 21.5. The molecule has 2 aromatic carbocycles. The average Bonchev–Trinajstić information content (AvgIpc) is 3.14. The third-order valence-electron chi connectivity index (χ3n) is 10.2. The quantitative estimate of drug-likeness (QED) is 0.0882. The van der Waals surface area contributed by atoms with Gasteiger partial charge in [0.05, 0.1) is 6.54 Å². The first-order valence-corrected chi connectivity index (χ1v) is 19.4. The van der Waals surface area contributed by atoms with Gasteiger partial charge in [0.1, 0.15) is 23.7 Å². The van der Waals surface area contributed by atoms with E-state index in [1.54, 1.807) is 4.90 Å². The Kier molecular flexibility index (Phi) is 18.1. The van der Waals surface area contributed by atoms with Crippen LogP contribution in [0.15, 0.2) is 60.7 Å². The minimum atomic E-state index is -1.40. The van der Waals surface area contributed by atoms with Crippen LogP contribution in [0.3, 0.4) is 0 Å². The average molecular weight is 750 g/mol. The maximum absolute atomic E-state index is 14.0. The summed E-state index contributed by atoms with van der Waals surface area (Å²) < 4.78 is 0. The van der Waals surface area contributed by atoms with E-state index in [0.29, 0.717) is 57.5 Å². The van der Waals surface area contributed by atoms with Crippen LogP contribution in [-0.2, 0) is 30.4 Å². The van der Waals surface area contributed by atoms with E-state index in [9.17, 15) is 29.1 Å². The van der Waals surface area contributed by atoms with E-state index in [1.165, 1.54) is 5.56 Å². The lowest BCUT2D eigenvalue weighted by molar-refractivity contribution is -0.148. The lowest BCUT2D eigenvalue weighted by Crippen LogP contribution is -2.60. The SMILES string of the molecule is CC(C)C[C@@H](NC(=O)[C@@H](CCc1ccccc1)NC(=O)CNC[C@@H](c1ccccc1)C(C)C)C(=O)N[C@H](CCCCN)C(=O)N1CCC(N)(C(=O)O)CC1. The first kappa shape index (κ1) is 44.1. The van der Waals surface area contributed by atoms with Crippen LogP contribution in [0.4, 0.5) is 0 Å². The number of benzene rings is 2. The smallest absolute Gasteiger partial charge is 0.323 e. The number of carboxylic acid groups (broad SMARTS) is 1. The maximum atomic E-state index is 14.0. The van der Waals surface area contributed by atoms with Crippen molar-refractivity contribution in [2.75, 3.05) is 32.7 Å². The highest BCUT2D eigenvalue weighted by molar-refractivity contribution is 5.94. The molecule has 0 bridgehead atoms. The normalized spacial score (nSPS) is 16.3. The number of hydrogen-bond acceptors (Lipinski definition) is 8. The third-order valence-corrected chi connectivity index (χ3v) is 10.2. The van der Waals surface area contributed by atoms with Crippen molar-refractivity contribution in [3.8, 4) is 0 Å². The highest BCUT2D eigenvalue weighted by atomic mass is 16.4. The standard InChI is InChI=1S/C41H63N7O6/c1-28(2)25-35(38(51)46-34(17-11-12-22-42)39(52)48-23-20-41(43,21-24-48)40(53)54)47-37(50)33(19-18-30-13-7-5-8-14-30)45-36(49)27-44-26-32(29(3)4)31-15-9-6-10-16-31/h5-10,13-16,28-29,32-35,44H,11-12,17-27,42-43H2,1-4H3,(H,45,49)(H,46,51)(H,47,50)(H,53,54)/t32-,33-,34-,35-/m1/s1. The summed E-state index contributed by atoms with van der Waals surface area (Å²) in [7, 11) is 0. The van der Waals surface area contributed by atoms with E-state index in [2.05, 4.69) is 47.2 Å². The molecule has 1 heterocycles. The number of likely N-dealkylation sites (tertiary alicyclic amines) is 1. The molecule has 298 valence electrons. The van der Waals surface area contributed by atoms with Crippen LogP contribution in [0.5, 0.6) is 0 Å². The van der Waals surface area contributed by atoms with Crippen molar-refractivity contribution in [3.63, 3.8) is 0 Å². The first-order chi connectivity index (χ1) is 25.7. The van der Waals surface area contributed by atoms with Gasteiger partial charge < -0.3 is 42.7 Å². The van der Waals surface area contributed by atoms with Crippen molar-refractivity contribution in [2.24, 2.45) is 23.3 Å². The van der Waals surface area contributed by atoms with Gasteiger partial charge in [-0.2, -0.15) is 0 Å². The van der Waals surface area contributed by atoms with E-state index >= 15 is 0 Å². The van der Waals surface area contributed by atoms with E-state index < -0.39 is 41.4 Å². The summed E-state index contributed by atoms with van der Waals surface area (Å²) >= 11 is 0. The molecule has 1 aliphatic rings. The van der Waals surface area contributed by atoms with Crippen LogP contribution in [-0.4, -0.2) is 96.0 Å². The number of aliphatic carboxylic acids is 1. The second-order valence-electron chi connectivity index (χ2n) is 15.4.